The van der Waals surface area contributed by atoms with E-state index in [4.69, 9.17) is 17.3 Å². The third-order valence-electron chi connectivity index (χ3n) is 4.84. The fourth-order valence-electron chi connectivity index (χ4n) is 3.29. The first-order valence-corrected chi connectivity index (χ1v) is 8.40. The molecule has 0 radical (unpaired) electrons. The van der Waals surface area contributed by atoms with Crippen LogP contribution in [0.25, 0.3) is 10.9 Å². The summed E-state index contributed by atoms with van der Waals surface area (Å²) in [5.74, 6) is -0.260. The van der Waals surface area contributed by atoms with E-state index in [2.05, 4.69) is 41.9 Å². The highest BCUT2D eigenvalue weighted by molar-refractivity contribution is 6.30. The van der Waals surface area contributed by atoms with E-state index < -0.39 is 0 Å². The zero-order valence-corrected chi connectivity index (χ0v) is 14.4. The average Bonchev–Trinajstić information content (AvgIpc) is 2.53. The molecule has 2 N–H and O–H groups in total. The molecule has 1 fully saturated rings. The Morgan fingerprint density at radius 1 is 1.43 bits per heavy atom. The highest BCUT2D eigenvalue weighted by Gasteiger charge is 2.24. The van der Waals surface area contributed by atoms with Crippen LogP contribution >= 0.6 is 11.6 Å². The number of benzene rings is 1. The van der Waals surface area contributed by atoms with Crippen molar-refractivity contribution in [3.63, 3.8) is 0 Å². The standard InChI is InChI=1S/C18H22ClN3O/c1-11-5-6-13-8-15(17(19)21-16(13)12(11)2)10-22-7-3-4-14(9-22)18(20)23/h5-6,8,14H,3-4,7,9-10H2,1-2H3,(H2,20,23)/t14-/m1/s1. The number of halogens is 1. The third-order valence-corrected chi connectivity index (χ3v) is 5.17. The highest BCUT2D eigenvalue weighted by atomic mass is 35.5. The van der Waals surface area contributed by atoms with Crippen molar-refractivity contribution in [2.24, 2.45) is 11.7 Å². The number of pyridine rings is 1. The minimum atomic E-state index is -0.205. The predicted octanol–water partition coefficient (Wildman–Crippen LogP) is 3.20. The molecular formula is C18H22ClN3O. The molecule has 1 aromatic heterocycles. The van der Waals surface area contributed by atoms with Gasteiger partial charge in [-0.25, -0.2) is 4.98 Å². The summed E-state index contributed by atoms with van der Waals surface area (Å²) in [6.45, 7) is 6.53. The van der Waals surface area contributed by atoms with Gasteiger partial charge >= 0.3 is 0 Å². The molecule has 3 rings (SSSR count). The first-order chi connectivity index (χ1) is 11.0. The van der Waals surface area contributed by atoms with Crippen molar-refractivity contribution < 1.29 is 4.79 Å². The van der Waals surface area contributed by atoms with E-state index in [9.17, 15) is 4.79 Å². The molecule has 0 aliphatic carbocycles. The Balaban J connectivity index is 1.87. The summed E-state index contributed by atoms with van der Waals surface area (Å²) >= 11 is 6.42. The fourth-order valence-corrected chi connectivity index (χ4v) is 3.49. The summed E-state index contributed by atoms with van der Waals surface area (Å²) in [4.78, 5) is 18.3. The number of carbonyl (C=O) groups excluding carboxylic acids is 1. The molecule has 4 nitrogen and oxygen atoms in total. The van der Waals surface area contributed by atoms with Gasteiger partial charge in [0.25, 0.3) is 0 Å². The second-order valence-electron chi connectivity index (χ2n) is 6.49. The SMILES string of the molecule is Cc1ccc2cc(CN3CCC[C@@H](C(N)=O)C3)c(Cl)nc2c1C. The van der Waals surface area contributed by atoms with Crippen LogP contribution in [0.5, 0.6) is 0 Å². The van der Waals surface area contributed by atoms with E-state index in [-0.39, 0.29) is 11.8 Å². The van der Waals surface area contributed by atoms with Crippen LogP contribution in [0.3, 0.4) is 0 Å². The smallest absolute Gasteiger partial charge is 0.221 e. The number of hydrogen-bond donors (Lipinski definition) is 1. The van der Waals surface area contributed by atoms with E-state index in [1.165, 1.54) is 11.1 Å². The van der Waals surface area contributed by atoms with Crippen molar-refractivity contribution in [2.45, 2.75) is 33.2 Å². The highest BCUT2D eigenvalue weighted by Crippen LogP contribution is 2.27. The van der Waals surface area contributed by atoms with Crippen LogP contribution in [0.4, 0.5) is 0 Å². The van der Waals surface area contributed by atoms with Gasteiger partial charge in [0.05, 0.1) is 11.4 Å². The number of aryl methyl sites for hydroxylation is 2. The molecule has 122 valence electrons. The third kappa shape index (κ3) is 3.33. The Hall–Kier alpha value is -1.65. The Morgan fingerprint density at radius 3 is 2.96 bits per heavy atom. The molecule has 5 heteroatoms. The van der Waals surface area contributed by atoms with Crippen LogP contribution < -0.4 is 5.73 Å². The van der Waals surface area contributed by atoms with Gasteiger partial charge in [0.15, 0.2) is 0 Å². The molecule has 2 heterocycles. The minimum absolute atomic E-state index is 0.0548. The number of primary amides is 1. The van der Waals surface area contributed by atoms with Gasteiger partial charge in [0, 0.05) is 24.0 Å². The summed E-state index contributed by atoms with van der Waals surface area (Å²) in [6, 6.07) is 6.32. The van der Waals surface area contributed by atoms with Crippen LogP contribution in [0.15, 0.2) is 18.2 Å². The molecular weight excluding hydrogens is 310 g/mol. The van der Waals surface area contributed by atoms with Gasteiger partial charge in [0.1, 0.15) is 5.15 Å². The summed E-state index contributed by atoms with van der Waals surface area (Å²) < 4.78 is 0. The van der Waals surface area contributed by atoms with E-state index in [1.807, 2.05) is 0 Å². The normalized spacial score (nSPS) is 19.2. The van der Waals surface area contributed by atoms with Gasteiger partial charge in [-0.1, -0.05) is 23.7 Å². The molecule has 1 saturated heterocycles. The Morgan fingerprint density at radius 2 is 2.22 bits per heavy atom. The van der Waals surface area contributed by atoms with Crippen molar-refractivity contribution >= 4 is 28.4 Å². The number of nitrogens with two attached hydrogens (primary N) is 1. The Bertz CT molecular complexity index is 760. The van der Waals surface area contributed by atoms with Gasteiger partial charge in [-0.05, 0) is 50.4 Å². The zero-order chi connectivity index (χ0) is 16.6. The van der Waals surface area contributed by atoms with E-state index in [0.29, 0.717) is 18.2 Å². The second-order valence-corrected chi connectivity index (χ2v) is 6.85. The molecule has 1 atom stereocenters. The quantitative estimate of drug-likeness (QED) is 0.879. The molecule has 1 amide bonds. The molecule has 23 heavy (non-hydrogen) atoms. The van der Waals surface area contributed by atoms with E-state index in [0.717, 1.165) is 35.9 Å². The summed E-state index contributed by atoms with van der Waals surface area (Å²) in [7, 11) is 0. The fraction of sp³-hybridized carbons (Fsp3) is 0.444. The number of fused-ring (bicyclic) bond motifs is 1. The molecule has 1 aromatic carbocycles. The minimum Gasteiger partial charge on any atom is -0.369 e. The van der Waals surface area contributed by atoms with Crippen LogP contribution in [0, 0.1) is 19.8 Å². The Kier molecular flexibility index (Phi) is 4.55. The van der Waals surface area contributed by atoms with Crippen molar-refractivity contribution in [1.82, 2.24) is 9.88 Å². The Labute approximate surface area is 141 Å². The summed E-state index contributed by atoms with van der Waals surface area (Å²) in [5, 5.41) is 1.66. The first-order valence-electron chi connectivity index (χ1n) is 8.02. The number of aromatic nitrogens is 1. The number of hydrogen-bond acceptors (Lipinski definition) is 3. The molecule has 2 aromatic rings. The largest absolute Gasteiger partial charge is 0.369 e. The van der Waals surface area contributed by atoms with Gasteiger partial charge in [-0.2, -0.15) is 0 Å². The number of likely N-dealkylation sites (tertiary alicyclic amines) is 1. The first kappa shape index (κ1) is 16.2. The molecule has 0 saturated carbocycles. The lowest BCUT2D eigenvalue weighted by atomic mass is 9.97. The van der Waals surface area contributed by atoms with Gasteiger partial charge in [0.2, 0.25) is 5.91 Å². The molecule has 0 bridgehead atoms. The second kappa shape index (κ2) is 6.46. The van der Waals surface area contributed by atoms with Crippen LogP contribution in [-0.4, -0.2) is 28.9 Å². The molecule has 1 aliphatic heterocycles. The number of nitrogens with zero attached hydrogens (tertiary/aromatic N) is 2. The lowest BCUT2D eigenvalue weighted by molar-refractivity contribution is -0.123. The predicted molar refractivity (Wildman–Crippen MR) is 93.4 cm³/mol. The van der Waals surface area contributed by atoms with Gasteiger partial charge in [-0.15, -0.1) is 0 Å². The van der Waals surface area contributed by atoms with Crippen LogP contribution in [-0.2, 0) is 11.3 Å². The maximum absolute atomic E-state index is 11.4. The van der Waals surface area contributed by atoms with Crippen LogP contribution in [0.1, 0.15) is 29.5 Å². The lowest BCUT2D eigenvalue weighted by Gasteiger charge is -2.31. The van der Waals surface area contributed by atoms with Gasteiger partial charge < -0.3 is 5.73 Å². The van der Waals surface area contributed by atoms with Crippen LogP contribution in [0.2, 0.25) is 5.15 Å². The topological polar surface area (TPSA) is 59.2 Å². The van der Waals surface area contributed by atoms with Crippen molar-refractivity contribution in [3.05, 3.63) is 40.0 Å². The zero-order valence-electron chi connectivity index (χ0n) is 13.6. The average molecular weight is 332 g/mol. The van der Waals surface area contributed by atoms with Crippen molar-refractivity contribution in [3.8, 4) is 0 Å². The molecule has 1 aliphatic rings. The summed E-state index contributed by atoms with van der Waals surface area (Å²) in [6.07, 6.45) is 1.87. The molecule has 0 spiro atoms. The molecule has 0 unspecified atom stereocenters. The number of rotatable bonds is 3. The van der Waals surface area contributed by atoms with Crippen molar-refractivity contribution in [2.75, 3.05) is 13.1 Å². The number of carbonyl (C=O) groups is 1. The number of amides is 1. The maximum atomic E-state index is 11.4. The van der Waals surface area contributed by atoms with E-state index >= 15 is 0 Å². The van der Waals surface area contributed by atoms with Crippen molar-refractivity contribution in [1.29, 1.82) is 0 Å². The summed E-state index contributed by atoms with van der Waals surface area (Å²) in [5.41, 5.74) is 9.81. The monoisotopic (exact) mass is 331 g/mol. The maximum Gasteiger partial charge on any atom is 0.221 e. The van der Waals surface area contributed by atoms with E-state index in [1.54, 1.807) is 0 Å². The number of piperidine rings is 1. The lowest BCUT2D eigenvalue weighted by Crippen LogP contribution is -2.40. The van der Waals surface area contributed by atoms with Gasteiger partial charge in [-0.3, -0.25) is 9.69 Å².